The van der Waals surface area contributed by atoms with Crippen molar-refractivity contribution in [2.75, 3.05) is 5.33 Å². The van der Waals surface area contributed by atoms with Gasteiger partial charge in [0.15, 0.2) is 5.78 Å². The van der Waals surface area contributed by atoms with E-state index in [2.05, 4.69) is 15.9 Å². The van der Waals surface area contributed by atoms with Crippen molar-refractivity contribution in [3.05, 3.63) is 46.3 Å². The van der Waals surface area contributed by atoms with Crippen LogP contribution in [0, 0.1) is 0 Å². The van der Waals surface area contributed by atoms with Crippen molar-refractivity contribution in [3.63, 3.8) is 0 Å². The monoisotopic (exact) mass is 266 g/mol. The fourth-order valence-electron chi connectivity index (χ4n) is 1.32. The Morgan fingerprint density at radius 2 is 2.07 bits per heavy atom. The fraction of sp³-hybridized carbons (Fsp3) is 0.0909. The summed E-state index contributed by atoms with van der Waals surface area (Å²) >= 11 is 3.10. The molecule has 0 aliphatic rings. The molecule has 0 aliphatic heterocycles. The molecule has 0 saturated heterocycles. The highest BCUT2D eigenvalue weighted by Crippen LogP contribution is 2.14. The standard InChI is InChI=1S/C11H7BrO3/c12-6-9(13)7-1-3-10-8(5-7)2-4-11(14)15-10/h1-5H,6H2. The largest absolute Gasteiger partial charge is 0.423 e. The van der Waals surface area contributed by atoms with E-state index in [9.17, 15) is 9.59 Å². The van der Waals surface area contributed by atoms with Crippen LogP contribution in [0.15, 0.2) is 39.5 Å². The van der Waals surface area contributed by atoms with E-state index in [0.29, 0.717) is 11.1 Å². The van der Waals surface area contributed by atoms with Gasteiger partial charge in [0.2, 0.25) is 0 Å². The molecule has 1 aromatic heterocycles. The smallest absolute Gasteiger partial charge is 0.336 e. The van der Waals surface area contributed by atoms with Crippen molar-refractivity contribution in [1.82, 2.24) is 0 Å². The Labute approximate surface area is 93.8 Å². The number of halogens is 1. The molecular weight excluding hydrogens is 260 g/mol. The van der Waals surface area contributed by atoms with E-state index in [1.807, 2.05) is 0 Å². The molecule has 0 fully saturated rings. The van der Waals surface area contributed by atoms with Gasteiger partial charge in [0, 0.05) is 17.0 Å². The van der Waals surface area contributed by atoms with Crippen LogP contribution >= 0.6 is 15.9 Å². The molecule has 0 amide bonds. The van der Waals surface area contributed by atoms with E-state index in [1.165, 1.54) is 6.07 Å². The summed E-state index contributed by atoms with van der Waals surface area (Å²) in [6.07, 6.45) is 0. The minimum absolute atomic E-state index is 0.00287. The van der Waals surface area contributed by atoms with Crippen LogP contribution in [0.4, 0.5) is 0 Å². The Balaban J connectivity index is 2.62. The predicted molar refractivity (Wildman–Crippen MR) is 60.6 cm³/mol. The van der Waals surface area contributed by atoms with Crippen LogP contribution in [-0.2, 0) is 0 Å². The van der Waals surface area contributed by atoms with Gasteiger partial charge in [-0.25, -0.2) is 4.79 Å². The van der Waals surface area contributed by atoms with Gasteiger partial charge in [-0.15, -0.1) is 0 Å². The van der Waals surface area contributed by atoms with Crippen molar-refractivity contribution >= 4 is 32.7 Å². The van der Waals surface area contributed by atoms with E-state index < -0.39 is 0 Å². The summed E-state index contributed by atoms with van der Waals surface area (Å²) in [6, 6.07) is 7.97. The number of fused-ring (bicyclic) bond motifs is 1. The first-order valence-electron chi connectivity index (χ1n) is 4.34. The molecule has 15 heavy (non-hydrogen) atoms. The van der Waals surface area contributed by atoms with Crippen LogP contribution in [0.1, 0.15) is 10.4 Å². The number of benzene rings is 1. The van der Waals surface area contributed by atoms with Crippen LogP contribution in [0.5, 0.6) is 0 Å². The van der Waals surface area contributed by atoms with Crippen LogP contribution in [0.25, 0.3) is 11.0 Å². The van der Waals surface area contributed by atoms with Crippen molar-refractivity contribution in [3.8, 4) is 0 Å². The van der Waals surface area contributed by atoms with Crippen molar-refractivity contribution < 1.29 is 9.21 Å². The zero-order chi connectivity index (χ0) is 10.8. The lowest BCUT2D eigenvalue weighted by atomic mass is 10.1. The number of carbonyl (C=O) groups is 1. The molecule has 0 bridgehead atoms. The molecule has 0 N–H and O–H groups in total. The quantitative estimate of drug-likeness (QED) is 0.476. The van der Waals surface area contributed by atoms with Gasteiger partial charge in [-0.05, 0) is 24.3 Å². The number of carbonyl (C=O) groups excluding carboxylic acids is 1. The zero-order valence-electron chi connectivity index (χ0n) is 7.70. The van der Waals surface area contributed by atoms with Gasteiger partial charge < -0.3 is 4.42 Å². The molecule has 1 aromatic carbocycles. The molecule has 0 unspecified atom stereocenters. The van der Waals surface area contributed by atoms with Gasteiger partial charge in [-0.2, -0.15) is 0 Å². The lowest BCUT2D eigenvalue weighted by molar-refractivity contribution is 0.102. The predicted octanol–water partition coefficient (Wildman–Crippen LogP) is 2.37. The number of hydrogen-bond acceptors (Lipinski definition) is 3. The Bertz CT molecular complexity index is 571. The highest BCUT2D eigenvalue weighted by atomic mass is 79.9. The fourth-order valence-corrected chi connectivity index (χ4v) is 1.65. The first-order valence-corrected chi connectivity index (χ1v) is 5.46. The van der Waals surface area contributed by atoms with Crippen LogP contribution in [-0.4, -0.2) is 11.1 Å². The molecule has 0 spiro atoms. The Morgan fingerprint density at radius 1 is 1.27 bits per heavy atom. The van der Waals surface area contributed by atoms with Gasteiger partial charge in [-0.1, -0.05) is 15.9 Å². The summed E-state index contributed by atoms with van der Waals surface area (Å²) in [7, 11) is 0. The lowest BCUT2D eigenvalue weighted by Gasteiger charge is -1.99. The molecule has 2 rings (SSSR count). The first kappa shape index (κ1) is 10.1. The summed E-state index contributed by atoms with van der Waals surface area (Å²) < 4.78 is 4.95. The number of alkyl halides is 1. The summed E-state index contributed by atoms with van der Waals surface area (Å²) in [4.78, 5) is 22.3. The van der Waals surface area contributed by atoms with E-state index in [-0.39, 0.29) is 16.7 Å². The van der Waals surface area contributed by atoms with Crippen LogP contribution in [0.2, 0.25) is 0 Å². The molecule has 0 saturated carbocycles. The third kappa shape index (κ3) is 1.99. The number of hydrogen-bond donors (Lipinski definition) is 0. The SMILES string of the molecule is O=C(CBr)c1ccc2oc(=O)ccc2c1. The second kappa shape index (κ2) is 3.98. The van der Waals surface area contributed by atoms with Gasteiger partial charge >= 0.3 is 5.63 Å². The first-order chi connectivity index (χ1) is 7.20. The average Bonchev–Trinajstić information content (AvgIpc) is 2.27. The normalized spacial score (nSPS) is 10.5. The topological polar surface area (TPSA) is 47.3 Å². The Hall–Kier alpha value is -1.42. The summed E-state index contributed by atoms with van der Waals surface area (Å²) in [5.41, 5.74) is 0.712. The van der Waals surface area contributed by atoms with Crippen LogP contribution in [0.3, 0.4) is 0 Å². The summed E-state index contributed by atoms with van der Waals surface area (Å²) in [5, 5.41) is 1.04. The maximum atomic E-state index is 11.4. The molecule has 76 valence electrons. The number of rotatable bonds is 2. The average molecular weight is 267 g/mol. The van der Waals surface area contributed by atoms with Gasteiger partial charge in [0.05, 0.1) is 5.33 Å². The highest BCUT2D eigenvalue weighted by Gasteiger charge is 2.05. The number of Topliss-reactive ketones (excluding diaryl/α,β-unsaturated/α-hetero) is 1. The highest BCUT2D eigenvalue weighted by molar-refractivity contribution is 9.09. The summed E-state index contributed by atoms with van der Waals surface area (Å²) in [5.74, 6) is 0.00287. The maximum Gasteiger partial charge on any atom is 0.336 e. The van der Waals surface area contributed by atoms with Crippen molar-refractivity contribution in [2.24, 2.45) is 0 Å². The Kier molecular flexibility index (Phi) is 2.68. The Morgan fingerprint density at radius 3 is 2.80 bits per heavy atom. The zero-order valence-corrected chi connectivity index (χ0v) is 9.28. The molecule has 2 aromatic rings. The van der Waals surface area contributed by atoms with E-state index >= 15 is 0 Å². The van der Waals surface area contributed by atoms with Crippen LogP contribution < -0.4 is 5.63 Å². The maximum absolute atomic E-state index is 11.4. The lowest BCUT2D eigenvalue weighted by Crippen LogP contribution is -2.00. The molecule has 1 heterocycles. The van der Waals surface area contributed by atoms with Crippen molar-refractivity contribution in [1.29, 1.82) is 0 Å². The summed E-state index contributed by atoms with van der Waals surface area (Å²) in [6.45, 7) is 0. The molecule has 0 radical (unpaired) electrons. The van der Waals surface area contributed by atoms with Crippen molar-refractivity contribution in [2.45, 2.75) is 0 Å². The van der Waals surface area contributed by atoms with E-state index in [0.717, 1.165) is 5.39 Å². The second-order valence-corrected chi connectivity index (χ2v) is 3.62. The van der Waals surface area contributed by atoms with Gasteiger partial charge in [0.1, 0.15) is 5.58 Å². The minimum atomic E-state index is -0.387. The number of ketones is 1. The molecule has 0 atom stereocenters. The third-order valence-corrected chi connectivity index (χ3v) is 2.57. The van der Waals surface area contributed by atoms with Gasteiger partial charge in [-0.3, -0.25) is 4.79 Å². The molecular formula is C11H7BrO3. The molecule has 0 aliphatic carbocycles. The second-order valence-electron chi connectivity index (χ2n) is 3.06. The third-order valence-electron chi connectivity index (χ3n) is 2.06. The van der Waals surface area contributed by atoms with E-state index in [4.69, 9.17) is 4.42 Å². The molecule has 4 heteroatoms. The minimum Gasteiger partial charge on any atom is -0.423 e. The van der Waals surface area contributed by atoms with E-state index in [1.54, 1.807) is 24.3 Å². The van der Waals surface area contributed by atoms with Gasteiger partial charge in [0.25, 0.3) is 0 Å². The molecule has 3 nitrogen and oxygen atoms in total.